The van der Waals surface area contributed by atoms with Gasteiger partial charge in [-0.3, -0.25) is 4.99 Å². The van der Waals surface area contributed by atoms with Crippen molar-refractivity contribution >= 4 is 35.6 Å². The first-order chi connectivity index (χ1) is 12.2. The normalized spacial score (nSPS) is 12.2. The number of ether oxygens (including phenoxy) is 1. The van der Waals surface area contributed by atoms with E-state index in [1.54, 1.807) is 7.11 Å². The van der Waals surface area contributed by atoms with Crippen molar-refractivity contribution in [3.63, 3.8) is 0 Å². The highest BCUT2D eigenvalue weighted by molar-refractivity contribution is 14.0. The second kappa shape index (κ2) is 16.2. The summed E-state index contributed by atoms with van der Waals surface area (Å²) in [5, 5.41) is 10.2. The number of unbranched alkanes of at least 4 members (excludes halogenated alkanes) is 3. The molecule has 0 heterocycles. The zero-order chi connectivity index (χ0) is 18.3. The smallest absolute Gasteiger partial charge is 0.191 e. The molecule has 1 atom stereocenters. The van der Waals surface area contributed by atoms with Crippen LogP contribution < -0.4 is 16.0 Å². The zero-order valence-corrected chi connectivity index (χ0v) is 19.1. The van der Waals surface area contributed by atoms with E-state index < -0.39 is 0 Å². The zero-order valence-electron chi connectivity index (χ0n) is 16.8. The van der Waals surface area contributed by atoms with Gasteiger partial charge in [0.2, 0.25) is 0 Å². The molecule has 0 amide bonds. The van der Waals surface area contributed by atoms with Crippen LogP contribution in [0.2, 0.25) is 0 Å². The molecule has 0 radical (unpaired) electrons. The number of hydrogen-bond donors (Lipinski definition) is 3. The largest absolute Gasteiger partial charge is 0.383 e. The average molecular weight is 476 g/mol. The van der Waals surface area contributed by atoms with E-state index in [0.717, 1.165) is 24.7 Å². The van der Waals surface area contributed by atoms with Crippen LogP contribution in [0.4, 0.5) is 5.69 Å². The molecule has 1 rings (SSSR count). The predicted octanol–water partition coefficient (Wildman–Crippen LogP) is 4.39. The highest BCUT2D eigenvalue weighted by Gasteiger charge is 2.05. The van der Waals surface area contributed by atoms with Gasteiger partial charge >= 0.3 is 0 Å². The van der Waals surface area contributed by atoms with Crippen molar-refractivity contribution in [2.75, 3.05) is 32.6 Å². The molecule has 6 heteroatoms. The Hall–Kier alpha value is -1.02. The fourth-order valence-electron chi connectivity index (χ4n) is 2.60. The second-order valence-corrected chi connectivity index (χ2v) is 6.44. The minimum absolute atomic E-state index is 0. The number of methoxy groups -OCH3 is 1. The van der Waals surface area contributed by atoms with E-state index in [1.165, 1.54) is 37.7 Å². The Labute approximate surface area is 176 Å². The molecule has 1 aromatic carbocycles. The third-order valence-electron chi connectivity index (χ3n) is 4.15. The van der Waals surface area contributed by atoms with Crippen LogP contribution in [-0.4, -0.2) is 39.3 Å². The number of benzene rings is 1. The monoisotopic (exact) mass is 476 g/mol. The summed E-state index contributed by atoms with van der Waals surface area (Å²) >= 11 is 0. The van der Waals surface area contributed by atoms with Crippen molar-refractivity contribution in [1.82, 2.24) is 10.6 Å². The maximum atomic E-state index is 5.04. The molecule has 0 saturated heterocycles. The fourth-order valence-corrected chi connectivity index (χ4v) is 2.60. The predicted molar refractivity (Wildman–Crippen MR) is 124 cm³/mol. The van der Waals surface area contributed by atoms with Gasteiger partial charge in [-0.15, -0.1) is 24.0 Å². The molecule has 0 aliphatic carbocycles. The number of hydrogen-bond acceptors (Lipinski definition) is 3. The first-order valence-corrected chi connectivity index (χ1v) is 9.48. The molecule has 3 N–H and O–H groups in total. The molecule has 0 bridgehead atoms. The third-order valence-corrected chi connectivity index (χ3v) is 4.15. The van der Waals surface area contributed by atoms with Crippen LogP contribution in [0.1, 0.15) is 51.5 Å². The van der Waals surface area contributed by atoms with Gasteiger partial charge in [-0.25, -0.2) is 0 Å². The Morgan fingerprint density at radius 1 is 1.15 bits per heavy atom. The minimum atomic E-state index is 0. The minimum Gasteiger partial charge on any atom is -0.383 e. The summed E-state index contributed by atoms with van der Waals surface area (Å²) in [6.45, 7) is 6.76. The van der Waals surface area contributed by atoms with E-state index in [0.29, 0.717) is 12.6 Å². The molecule has 1 aromatic rings. The van der Waals surface area contributed by atoms with Gasteiger partial charge in [-0.05, 0) is 31.0 Å². The van der Waals surface area contributed by atoms with Crippen molar-refractivity contribution in [1.29, 1.82) is 0 Å². The van der Waals surface area contributed by atoms with Gasteiger partial charge in [0.25, 0.3) is 0 Å². The summed E-state index contributed by atoms with van der Waals surface area (Å²) < 4.78 is 5.04. The third kappa shape index (κ3) is 11.6. The molecule has 150 valence electrons. The van der Waals surface area contributed by atoms with E-state index in [2.05, 4.69) is 59.1 Å². The van der Waals surface area contributed by atoms with E-state index in [9.17, 15) is 0 Å². The Morgan fingerprint density at radius 3 is 2.50 bits per heavy atom. The summed E-state index contributed by atoms with van der Waals surface area (Å²) in [6, 6.07) is 8.89. The van der Waals surface area contributed by atoms with Crippen molar-refractivity contribution in [3.8, 4) is 0 Å². The summed E-state index contributed by atoms with van der Waals surface area (Å²) in [6.07, 6.45) is 6.39. The maximum Gasteiger partial charge on any atom is 0.191 e. The number of rotatable bonds is 12. The van der Waals surface area contributed by atoms with Crippen LogP contribution in [0.25, 0.3) is 0 Å². The molecule has 5 nitrogen and oxygen atoms in total. The standard InChI is InChI=1S/C20H36N4O.HI/c1-5-6-7-8-9-17(2)24-20(21-3)23-16-18-10-12-19(13-11-18)22-14-15-25-4;/h10-13,17,22H,5-9,14-16H2,1-4H3,(H2,21,23,24);1H. The second-order valence-electron chi connectivity index (χ2n) is 6.44. The number of nitrogens with one attached hydrogen (secondary N) is 3. The van der Waals surface area contributed by atoms with E-state index in [1.807, 2.05) is 7.05 Å². The van der Waals surface area contributed by atoms with Gasteiger partial charge in [-0.1, -0.05) is 44.7 Å². The Bertz CT molecular complexity index is 479. The molecule has 0 aromatic heterocycles. The van der Waals surface area contributed by atoms with Crippen LogP contribution in [0.3, 0.4) is 0 Å². The van der Waals surface area contributed by atoms with Crippen LogP contribution in [0.15, 0.2) is 29.3 Å². The van der Waals surface area contributed by atoms with Crippen molar-refractivity contribution < 1.29 is 4.74 Å². The van der Waals surface area contributed by atoms with Gasteiger partial charge in [0.05, 0.1) is 6.61 Å². The van der Waals surface area contributed by atoms with Crippen LogP contribution in [0, 0.1) is 0 Å². The lowest BCUT2D eigenvalue weighted by Gasteiger charge is -2.18. The molecule has 0 aliphatic heterocycles. The van der Waals surface area contributed by atoms with Crippen LogP contribution >= 0.6 is 24.0 Å². The van der Waals surface area contributed by atoms with Gasteiger partial charge in [0, 0.05) is 39.0 Å². The lowest BCUT2D eigenvalue weighted by molar-refractivity contribution is 0.211. The molecule has 0 saturated carbocycles. The quantitative estimate of drug-likeness (QED) is 0.181. The van der Waals surface area contributed by atoms with Gasteiger partial charge in [0.15, 0.2) is 5.96 Å². The highest BCUT2D eigenvalue weighted by atomic mass is 127. The average Bonchev–Trinajstić information content (AvgIpc) is 2.63. The lowest BCUT2D eigenvalue weighted by atomic mass is 10.1. The summed E-state index contributed by atoms with van der Waals surface area (Å²) in [7, 11) is 3.53. The highest BCUT2D eigenvalue weighted by Crippen LogP contribution is 2.09. The van der Waals surface area contributed by atoms with Crippen molar-refractivity contribution in [2.45, 2.75) is 58.5 Å². The molecule has 26 heavy (non-hydrogen) atoms. The van der Waals surface area contributed by atoms with E-state index >= 15 is 0 Å². The van der Waals surface area contributed by atoms with Crippen LogP contribution in [-0.2, 0) is 11.3 Å². The van der Waals surface area contributed by atoms with Crippen LogP contribution in [0.5, 0.6) is 0 Å². The molecule has 1 unspecified atom stereocenters. The summed E-state index contributed by atoms with van der Waals surface area (Å²) in [5.74, 6) is 0.866. The first kappa shape index (κ1) is 25.0. The van der Waals surface area contributed by atoms with E-state index in [-0.39, 0.29) is 24.0 Å². The topological polar surface area (TPSA) is 57.7 Å². The van der Waals surface area contributed by atoms with Crippen molar-refractivity contribution in [2.24, 2.45) is 4.99 Å². The SMILES string of the molecule is CCCCCCC(C)NC(=NC)NCc1ccc(NCCOC)cc1.I. The summed E-state index contributed by atoms with van der Waals surface area (Å²) in [5.41, 5.74) is 2.35. The molecular formula is C20H37IN4O. The number of aliphatic imine (C=N–C) groups is 1. The number of nitrogens with zero attached hydrogens (tertiary/aromatic N) is 1. The number of anilines is 1. The Kier molecular flexibility index (Phi) is 15.5. The molecule has 0 fully saturated rings. The van der Waals surface area contributed by atoms with Gasteiger partial charge in [-0.2, -0.15) is 0 Å². The van der Waals surface area contributed by atoms with Gasteiger partial charge < -0.3 is 20.7 Å². The number of guanidine groups is 1. The molecule has 0 aliphatic rings. The van der Waals surface area contributed by atoms with Crippen molar-refractivity contribution in [3.05, 3.63) is 29.8 Å². The molecular weight excluding hydrogens is 439 g/mol. The Morgan fingerprint density at radius 2 is 1.88 bits per heavy atom. The van der Waals surface area contributed by atoms with Gasteiger partial charge in [0.1, 0.15) is 0 Å². The maximum absolute atomic E-state index is 5.04. The Balaban J connectivity index is 0.00000625. The molecule has 0 spiro atoms. The van der Waals surface area contributed by atoms with E-state index in [4.69, 9.17) is 4.74 Å². The summed E-state index contributed by atoms with van der Waals surface area (Å²) in [4.78, 5) is 4.32. The fraction of sp³-hybridized carbons (Fsp3) is 0.650. The first-order valence-electron chi connectivity index (χ1n) is 9.48. The number of halogens is 1. The lowest BCUT2D eigenvalue weighted by Crippen LogP contribution is -2.41.